The fraction of sp³-hybridized carbons (Fsp3) is 0.346. The third-order valence-electron chi connectivity index (χ3n) is 6.08. The van der Waals surface area contributed by atoms with E-state index in [0.29, 0.717) is 33.0 Å². The molecule has 1 N–H and O–H groups in total. The topological polar surface area (TPSA) is 97.7 Å². The van der Waals surface area contributed by atoms with Gasteiger partial charge in [-0.15, -0.1) is 0 Å². The van der Waals surface area contributed by atoms with Crippen LogP contribution in [0.15, 0.2) is 46.3 Å². The number of benzene rings is 2. The molecule has 0 unspecified atom stereocenters. The third kappa shape index (κ3) is 5.30. The zero-order valence-electron chi connectivity index (χ0n) is 19.9. The molecule has 35 heavy (non-hydrogen) atoms. The fourth-order valence-corrected chi connectivity index (χ4v) is 5.44. The molecule has 0 aromatic heterocycles. The summed E-state index contributed by atoms with van der Waals surface area (Å²) in [5.41, 5.74) is 1.38. The smallest absolute Gasteiger partial charge is 0.335 e. The summed E-state index contributed by atoms with van der Waals surface area (Å²) in [5, 5.41) is 9.90. The van der Waals surface area contributed by atoms with Gasteiger partial charge in [0.2, 0.25) is 5.75 Å². The molecule has 1 aliphatic heterocycles. The Labute approximate surface area is 208 Å². The van der Waals surface area contributed by atoms with Crippen LogP contribution in [0.4, 0.5) is 5.69 Å². The minimum absolute atomic E-state index is 0.0657. The van der Waals surface area contributed by atoms with Gasteiger partial charge in [-0.2, -0.15) is 0 Å². The number of rotatable bonds is 7. The lowest BCUT2D eigenvalue weighted by Crippen LogP contribution is -2.40. The van der Waals surface area contributed by atoms with E-state index in [2.05, 4.69) is 0 Å². The van der Waals surface area contributed by atoms with Gasteiger partial charge in [0.1, 0.15) is 0 Å². The maximum atomic E-state index is 13.6. The molecule has 1 amide bonds. The van der Waals surface area contributed by atoms with Crippen molar-refractivity contribution < 1.29 is 28.9 Å². The number of thioether (sulfide) groups is 1. The number of hydrogen-bond acceptors (Lipinski definition) is 7. The van der Waals surface area contributed by atoms with Gasteiger partial charge in [0, 0.05) is 6.04 Å². The van der Waals surface area contributed by atoms with Crippen molar-refractivity contribution in [3.8, 4) is 17.2 Å². The van der Waals surface area contributed by atoms with Gasteiger partial charge in [0.05, 0.1) is 37.5 Å². The Morgan fingerprint density at radius 1 is 1.06 bits per heavy atom. The van der Waals surface area contributed by atoms with Gasteiger partial charge in [-0.1, -0.05) is 25.3 Å². The van der Waals surface area contributed by atoms with E-state index in [0.717, 1.165) is 37.7 Å². The van der Waals surface area contributed by atoms with Crippen LogP contribution in [-0.4, -0.2) is 54.4 Å². The van der Waals surface area contributed by atoms with E-state index in [4.69, 9.17) is 19.2 Å². The highest BCUT2D eigenvalue weighted by molar-refractivity contribution is 8.18. The average molecular weight is 497 g/mol. The second kappa shape index (κ2) is 10.9. The highest BCUT2D eigenvalue weighted by Crippen LogP contribution is 2.42. The normalized spacial score (nSPS) is 18.8. The number of methoxy groups -OCH3 is 3. The van der Waals surface area contributed by atoms with E-state index < -0.39 is 5.97 Å². The van der Waals surface area contributed by atoms with Crippen molar-refractivity contribution in [1.29, 1.82) is 0 Å². The minimum Gasteiger partial charge on any atom is -0.493 e. The van der Waals surface area contributed by atoms with Crippen molar-refractivity contribution in [2.75, 3.05) is 21.3 Å². The van der Waals surface area contributed by atoms with Crippen LogP contribution in [0.25, 0.3) is 6.08 Å². The monoisotopic (exact) mass is 496 g/mol. The van der Waals surface area contributed by atoms with Crippen LogP contribution in [0.2, 0.25) is 0 Å². The van der Waals surface area contributed by atoms with Crippen LogP contribution in [-0.2, 0) is 4.79 Å². The molecule has 8 nitrogen and oxygen atoms in total. The predicted molar refractivity (Wildman–Crippen MR) is 136 cm³/mol. The number of carbonyl (C=O) groups is 2. The maximum absolute atomic E-state index is 13.6. The number of carboxylic acid groups (broad SMARTS) is 1. The molecular formula is C26H28N2O6S. The maximum Gasteiger partial charge on any atom is 0.335 e. The van der Waals surface area contributed by atoms with Crippen molar-refractivity contribution in [3.63, 3.8) is 0 Å². The molecule has 2 fully saturated rings. The Morgan fingerprint density at radius 3 is 2.34 bits per heavy atom. The van der Waals surface area contributed by atoms with E-state index >= 15 is 0 Å². The van der Waals surface area contributed by atoms with Gasteiger partial charge >= 0.3 is 5.97 Å². The Bertz CT molecular complexity index is 1160. The van der Waals surface area contributed by atoms with Crippen LogP contribution in [0.3, 0.4) is 0 Å². The lowest BCUT2D eigenvalue weighted by atomic mass is 9.94. The summed E-state index contributed by atoms with van der Waals surface area (Å²) in [6, 6.07) is 10.1. The average Bonchev–Trinajstić information content (AvgIpc) is 3.17. The van der Waals surface area contributed by atoms with Crippen molar-refractivity contribution in [3.05, 3.63) is 52.4 Å². The SMILES string of the molecule is COc1cc(/C=C2\SC(=Nc3cccc(C(=O)O)c3)N(C3CCCCC3)C2=O)cc(OC)c1OC. The Kier molecular flexibility index (Phi) is 7.65. The summed E-state index contributed by atoms with van der Waals surface area (Å²) < 4.78 is 16.3. The minimum atomic E-state index is -1.02. The van der Waals surface area contributed by atoms with Gasteiger partial charge in [-0.3, -0.25) is 9.69 Å². The van der Waals surface area contributed by atoms with Gasteiger partial charge in [0.15, 0.2) is 16.7 Å². The van der Waals surface area contributed by atoms with Gasteiger partial charge in [0.25, 0.3) is 5.91 Å². The van der Waals surface area contributed by atoms with Crippen LogP contribution in [0, 0.1) is 0 Å². The molecule has 2 aromatic carbocycles. The summed E-state index contributed by atoms with van der Waals surface area (Å²) in [7, 11) is 4.63. The number of ether oxygens (including phenoxy) is 3. The number of carbonyl (C=O) groups excluding carboxylic acids is 1. The highest BCUT2D eigenvalue weighted by atomic mass is 32.2. The van der Waals surface area contributed by atoms with E-state index in [9.17, 15) is 14.7 Å². The fourth-order valence-electron chi connectivity index (χ4n) is 4.38. The molecule has 2 aromatic rings. The second-order valence-electron chi connectivity index (χ2n) is 8.29. The molecule has 2 aliphatic rings. The molecule has 0 radical (unpaired) electrons. The number of nitrogens with zero attached hydrogens (tertiary/aromatic N) is 2. The molecule has 1 aliphatic carbocycles. The predicted octanol–water partition coefficient (Wildman–Crippen LogP) is 5.35. The Hall–Kier alpha value is -3.46. The molecule has 1 saturated carbocycles. The molecule has 184 valence electrons. The number of aromatic carboxylic acids is 1. The zero-order chi connectivity index (χ0) is 24.9. The van der Waals surface area contributed by atoms with Crippen LogP contribution in [0.5, 0.6) is 17.2 Å². The van der Waals surface area contributed by atoms with Gasteiger partial charge in [-0.05, 0) is 66.6 Å². The van der Waals surface area contributed by atoms with Gasteiger partial charge < -0.3 is 19.3 Å². The van der Waals surface area contributed by atoms with Crippen molar-refractivity contribution in [2.24, 2.45) is 4.99 Å². The molecule has 0 bridgehead atoms. The van der Waals surface area contributed by atoms with Crippen molar-refractivity contribution in [2.45, 2.75) is 38.1 Å². The Balaban J connectivity index is 1.75. The van der Waals surface area contributed by atoms with Crippen LogP contribution in [0.1, 0.15) is 48.0 Å². The first-order valence-corrected chi connectivity index (χ1v) is 12.2. The molecule has 0 atom stereocenters. The molecule has 9 heteroatoms. The molecule has 4 rings (SSSR count). The first kappa shape index (κ1) is 24.7. The number of amides is 1. The lowest BCUT2D eigenvalue weighted by Gasteiger charge is -2.30. The van der Waals surface area contributed by atoms with E-state index in [-0.39, 0.29) is 17.5 Å². The van der Waals surface area contributed by atoms with Crippen LogP contribution < -0.4 is 14.2 Å². The number of hydrogen-bond donors (Lipinski definition) is 1. The first-order valence-electron chi connectivity index (χ1n) is 11.4. The number of aliphatic imine (C=N–C) groups is 1. The summed E-state index contributed by atoms with van der Waals surface area (Å²) in [6.07, 6.45) is 6.91. The number of carboxylic acids is 1. The molecular weight excluding hydrogens is 468 g/mol. The second-order valence-corrected chi connectivity index (χ2v) is 9.30. The summed E-state index contributed by atoms with van der Waals surface area (Å²) in [5.74, 6) is 0.348. The quantitative estimate of drug-likeness (QED) is 0.516. The number of amidine groups is 1. The standard InChI is InChI=1S/C26H28N2O6S/c1-32-20-12-16(13-21(33-2)23(20)34-3)14-22-24(29)28(19-10-5-4-6-11-19)26(35-22)27-18-9-7-8-17(15-18)25(30)31/h7-9,12-15,19H,4-6,10-11H2,1-3H3,(H,30,31)/b22-14-,27-26?. The summed E-state index contributed by atoms with van der Waals surface area (Å²) >= 11 is 1.29. The summed E-state index contributed by atoms with van der Waals surface area (Å²) in [4.78, 5) is 32.0. The largest absolute Gasteiger partial charge is 0.493 e. The molecule has 0 spiro atoms. The van der Waals surface area contributed by atoms with E-state index in [1.807, 2.05) is 0 Å². The third-order valence-corrected chi connectivity index (χ3v) is 7.06. The molecule has 1 heterocycles. The van der Waals surface area contributed by atoms with Crippen molar-refractivity contribution >= 4 is 40.6 Å². The molecule has 1 saturated heterocycles. The van der Waals surface area contributed by atoms with E-state index in [1.165, 1.54) is 23.9 Å². The van der Waals surface area contributed by atoms with Crippen LogP contribution >= 0.6 is 11.8 Å². The Morgan fingerprint density at radius 2 is 1.74 bits per heavy atom. The first-order chi connectivity index (χ1) is 16.9. The van der Waals surface area contributed by atoms with E-state index in [1.54, 1.807) is 56.6 Å². The summed E-state index contributed by atoms with van der Waals surface area (Å²) in [6.45, 7) is 0. The van der Waals surface area contributed by atoms with Crippen molar-refractivity contribution in [1.82, 2.24) is 4.90 Å². The zero-order valence-corrected chi connectivity index (χ0v) is 20.8. The lowest BCUT2D eigenvalue weighted by molar-refractivity contribution is -0.124. The highest BCUT2D eigenvalue weighted by Gasteiger charge is 2.38. The van der Waals surface area contributed by atoms with Gasteiger partial charge in [-0.25, -0.2) is 9.79 Å².